The highest BCUT2D eigenvalue weighted by Gasteiger charge is 2.30. The zero-order valence-corrected chi connectivity index (χ0v) is 34.6. The highest BCUT2D eigenvalue weighted by Crippen LogP contribution is 2.35. The van der Waals surface area contributed by atoms with Gasteiger partial charge in [-0.3, -0.25) is 18.4 Å². The lowest BCUT2D eigenvalue weighted by Crippen LogP contribution is -2.30. The first-order chi connectivity index (χ1) is 27.2. The third-order valence-corrected chi connectivity index (χ3v) is 10.6. The van der Waals surface area contributed by atoms with E-state index >= 15 is 0 Å². The standard InChI is InChI=1S/C17H17N3O5S.C11H12O4S.C9H15N3O2Si/c1-11(21)18-13-7-8-20(17(23)19-13)14-9-24-15(26-14)10-25-16(22)12-5-3-2-4-6-12;12-11(9-4-2-1-3-5-9)15-8-10-14-6-7-16(10)13;1-7(13)11-8-5-6-10-9(12-8)14-15(2,3)4/h2-8,14-15H,9-10H2,1H3,(H,18,19,21,23);1-5,10H,6-8H2;5-6H,1-4H3,(H,10,11,12,13). The molecule has 2 aliphatic heterocycles. The van der Waals surface area contributed by atoms with Crippen LogP contribution in [0.25, 0.3) is 0 Å². The minimum absolute atomic E-state index is 0.0559. The minimum Gasteiger partial charge on any atom is -0.518 e. The van der Waals surface area contributed by atoms with Crippen LogP contribution in [0.4, 0.5) is 11.6 Å². The summed E-state index contributed by atoms with van der Waals surface area (Å²) in [6, 6.07) is 20.9. The number of amides is 2. The molecule has 4 aromatic rings. The van der Waals surface area contributed by atoms with E-state index in [4.69, 9.17) is 23.4 Å². The van der Waals surface area contributed by atoms with E-state index in [1.807, 2.05) is 31.8 Å². The van der Waals surface area contributed by atoms with Crippen LogP contribution in [0.3, 0.4) is 0 Å². The number of hydrogen-bond acceptors (Lipinski definition) is 15. The van der Waals surface area contributed by atoms with Crippen molar-refractivity contribution in [3.63, 3.8) is 0 Å². The number of benzene rings is 2. The lowest BCUT2D eigenvalue weighted by Gasteiger charge is -2.17. The third-order valence-electron chi connectivity index (χ3n) is 7.11. The van der Waals surface area contributed by atoms with Crippen LogP contribution in [0.2, 0.25) is 19.6 Å². The van der Waals surface area contributed by atoms with Gasteiger partial charge in [0.05, 0.1) is 35.1 Å². The van der Waals surface area contributed by atoms with Crippen LogP contribution in [0, 0.1) is 0 Å². The van der Waals surface area contributed by atoms with Gasteiger partial charge in [0.25, 0.3) is 0 Å². The maximum absolute atomic E-state index is 12.1. The number of hydrogen-bond donors (Lipinski definition) is 2. The molecule has 0 radical (unpaired) electrons. The van der Waals surface area contributed by atoms with E-state index in [0.717, 1.165) is 0 Å². The second-order valence-electron chi connectivity index (χ2n) is 13.0. The Balaban J connectivity index is 0.000000201. The molecule has 4 unspecified atom stereocenters. The van der Waals surface area contributed by atoms with Crippen LogP contribution in [0.5, 0.6) is 6.01 Å². The first-order valence-electron chi connectivity index (χ1n) is 17.5. The van der Waals surface area contributed by atoms with Gasteiger partial charge in [0.15, 0.2) is 5.44 Å². The predicted molar refractivity (Wildman–Crippen MR) is 216 cm³/mol. The Hall–Kier alpha value is -5.28. The van der Waals surface area contributed by atoms with Crippen LogP contribution in [0.15, 0.2) is 90.0 Å². The average molecular weight is 841 g/mol. The molecular weight excluding hydrogens is 797 g/mol. The van der Waals surface area contributed by atoms with Crippen LogP contribution in [-0.2, 0) is 39.3 Å². The summed E-state index contributed by atoms with van der Waals surface area (Å²) in [6.45, 7) is 9.81. The number of carbonyl (C=O) groups excluding carboxylic acids is 4. The number of aromatic nitrogens is 4. The molecule has 0 spiro atoms. The fourth-order valence-corrected chi connectivity index (χ4v) is 7.41. The zero-order valence-electron chi connectivity index (χ0n) is 31.9. The summed E-state index contributed by atoms with van der Waals surface area (Å²) >= 11 is 1.37. The quantitative estimate of drug-likeness (QED) is 0.160. The van der Waals surface area contributed by atoms with Gasteiger partial charge in [-0.1, -0.05) is 48.2 Å². The molecule has 2 aromatic heterocycles. The molecule has 20 heteroatoms. The number of anilines is 2. The number of thioether (sulfide) groups is 1. The number of esters is 2. The Kier molecular flexibility index (Phi) is 17.0. The van der Waals surface area contributed by atoms with Crippen LogP contribution in [-0.4, -0.2) is 98.9 Å². The minimum atomic E-state index is -1.70. The van der Waals surface area contributed by atoms with Crippen molar-refractivity contribution >= 4 is 66.3 Å². The fourth-order valence-electron chi connectivity index (χ4n) is 4.67. The van der Waals surface area contributed by atoms with Crippen molar-refractivity contribution in [3.05, 3.63) is 107 Å². The second-order valence-corrected chi connectivity index (χ2v) is 20.4. The van der Waals surface area contributed by atoms with Gasteiger partial charge in [0, 0.05) is 32.0 Å². The number of nitrogens with one attached hydrogen (secondary N) is 2. The average Bonchev–Trinajstić information content (AvgIpc) is 3.81. The molecule has 17 nitrogen and oxygen atoms in total. The Morgan fingerprint density at radius 3 is 1.95 bits per heavy atom. The Labute approximate surface area is 336 Å². The third kappa shape index (κ3) is 15.6. The zero-order chi connectivity index (χ0) is 41.4. The first kappa shape index (κ1) is 44.4. The predicted octanol–water partition coefficient (Wildman–Crippen LogP) is 4.24. The molecule has 57 heavy (non-hydrogen) atoms. The smallest absolute Gasteiger partial charge is 0.350 e. The van der Waals surface area contributed by atoms with Crippen molar-refractivity contribution < 1.29 is 46.8 Å². The van der Waals surface area contributed by atoms with E-state index in [1.165, 1.54) is 30.2 Å². The van der Waals surface area contributed by atoms with Crippen LogP contribution < -0.4 is 20.7 Å². The number of ether oxygens (including phenoxy) is 4. The highest BCUT2D eigenvalue weighted by molar-refractivity contribution is 8.00. The lowest BCUT2D eigenvalue weighted by molar-refractivity contribution is -0.115. The summed E-state index contributed by atoms with van der Waals surface area (Å²) in [6.07, 6.45) is 3.12. The maximum Gasteiger partial charge on any atom is 0.350 e. The molecule has 304 valence electrons. The lowest BCUT2D eigenvalue weighted by atomic mass is 10.2. The van der Waals surface area contributed by atoms with Gasteiger partial charge in [-0.15, -0.1) is 0 Å². The summed E-state index contributed by atoms with van der Waals surface area (Å²) in [5.74, 6) is -0.0964. The van der Waals surface area contributed by atoms with E-state index in [0.29, 0.717) is 41.9 Å². The van der Waals surface area contributed by atoms with Crippen LogP contribution >= 0.6 is 11.8 Å². The van der Waals surface area contributed by atoms with Gasteiger partial charge < -0.3 is 34.0 Å². The van der Waals surface area contributed by atoms with Crippen molar-refractivity contribution in [2.24, 2.45) is 0 Å². The topological polar surface area (TPSA) is 216 Å². The molecule has 2 saturated heterocycles. The van der Waals surface area contributed by atoms with Crippen molar-refractivity contribution in [1.82, 2.24) is 19.5 Å². The molecule has 0 saturated carbocycles. The molecule has 4 atom stereocenters. The van der Waals surface area contributed by atoms with Gasteiger partial charge in [-0.25, -0.2) is 19.4 Å². The maximum atomic E-state index is 12.1. The highest BCUT2D eigenvalue weighted by atomic mass is 32.2. The van der Waals surface area contributed by atoms with Gasteiger partial charge in [0.2, 0.25) is 20.1 Å². The summed E-state index contributed by atoms with van der Waals surface area (Å²) in [5, 5.41) is 4.76. The van der Waals surface area contributed by atoms with E-state index in [-0.39, 0.29) is 41.7 Å². The van der Waals surface area contributed by atoms with E-state index in [9.17, 15) is 28.2 Å². The second kappa shape index (κ2) is 21.9. The SMILES string of the molecule is CC(=O)Nc1ccn(C2COC(COC(=O)c3ccccc3)S2)c(=O)n1.CC(=O)Nc1ccnc(O[Si](C)(C)C)n1.O=C(OCC1OCCS1=O)c1ccccc1. The molecule has 2 aromatic carbocycles. The number of carbonyl (C=O) groups is 4. The molecule has 2 N–H and O–H groups in total. The van der Waals surface area contributed by atoms with Gasteiger partial charge in [-0.2, -0.15) is 9.97 Å². The molecule has 0 bridgehead atoms. The Morgan fingerprint density at radius 1 is 0.842 bits per heavy atom. The van der Waals surface area contributed by atoms with Gasteiger partial charge >= 0.3 is 23.6 Å². The monoisotopic (exact) mass is 840 g/mol. The van der Waals surface area contributed by atoms with Crippen LogP contribution in [0.1, 0.15) is 39.9 Å². The van der Waals surface area contributed by atoms with Crippen molar-refractivity contribution in [2.75, 3.05) is 42.8 Å². The molecular formula is C37H44N6O11S2Si. The molecule has 4 heterocycles. The molecule has 0 aliphatic carbocycles. The summed E-state index contributed by atoms with van der Waals surface area (Å²) in [7, 11) is -2.73. The number of rotatable bonds is 11. The summed E-state index contributed by atoms with van der Waals surface area (Å²) < 4.78 is 39.4. The fraction of sp³-hybridized carbons (Fsp3) is 0.351. The Bertz CT molecular complexity index is 2060. The van der Waals surface area contributed by atoms with Crippen molar-refractivity contribution in [2.45, 2.75) is 49.7 Å². The number of nitrogens with zero attached hydrogens (tertiary/aromatic N) is 4. The normalized spacial score (nSPS) is 18.4. The first-order valence-corrected chi connectivity index (χ1v) is 23.3. The molecule has 2 fully saturated rings. The largest absolute Gasteiger partial charge is 0.518 e. The van der Waals surface area contributed by atoms with E-state index in [2.05, 4.69) is 25.6 Å². The van der Waals surface area contributed by atoms with E-state index < -0.39 is 42.2 Å². The van der Waals surface area contributed by atoms with Crippen molar-refractivity contribution in [3.8, 4) is 6.01 Å². The summed E-state index contributed by atoms with van der Waals surface area (Å²) in [5.41, 5.74) is -0.353. The Morgan fingerprint density at radius 2 is 1.42 bits per heavy atom. The van der Waals surface area contributed by atoms with E-state index in [1.54, 1.807) is 73.1 Å². The molecule has 2 amide bonds. The summed E-state index contributed by atoms with van der Waals surface area (Å²) in [4.78, 5) is 69.3. The molecule has 6 rings (SSSR count). The van der Waals surface area contributed by atoms with Crippen molar-refractivity contribution in [1.29, 1.82) is 0 Å². The van der Waals surface area contributed by atoms with Gasteiger partial charge in [-0.05, 0) is 56.0 Å². The molecule has 2 aliphatic rings. The van der Waals surface area contributed by atoms with Gasteiger partial charge in [0.1, 0.15) is 35.7 Å².